The molecule has 3 aromatic carbocycles. The van der Waals surface area contributed by atoms with Crippen LogP contribution in [0.5, 0.6) is 0 Å². The number of hydrogen-bond acceptors (Lipinski definition) is 5. The average molecular weight is 537 g/mol. The first-order chi connectivity index (χ1) is 17.3. The second-order valence-corrected chi connectivity index (χ2v) is 11.9. The number of nitrogens with one attached hydrogen (secondary N) is 1. The van der Waals surface area contributed by atoms with Gasteiger partial charge in [-0.1, -0.05) is 54.1 Å². The van der Waals surface area contributed by atoms with Crippen molar-refractivity contribution in [3.05, 3.63) is 95.8 Å². The minimum atomic E-state index is -3.82. The molecule has 0 aliphatic rings. The maximum Gasteiger partial charge on any atom is 0.307 e. The number of carbonyl (C=O) groups is 1. The van der Waals surface area contributed by atoms with Gasteiger partial charge in [0.05, 0.1) is 21.4 Å². The molecule has 2 aromatic heterocycles. The van der Waals surface area contributed by atoms with E-state index in [9.17, 15) is 18.3 Å². The summed E-state index contributed by atoms with van der Waals surface area (Å²) < 4.78 is 26.2. The van der Waals surface area contributed by atoms with E-state index in [1.54, 1.807) is 24.5 Å². The van der Waals surface area contributed by atoms with E-state index in [-0.39, 0.29) is 11.3 Å². The maximum absolute atomic E-state index is 13.1. The number of halogens is 1. The highest BCUT2D eigenvalue weighted by atomic mass is 35.5. The lowest BCUT2D eigenvalue weighted by Gasteiger charge is -2.13. The first-order valence-corrected chi connectivity index (χ1v) is 14.0. The van der Waals surface area contributed by atoms with Crippen molar-refractivity contribution in [2.45, 2.75) is 11.3 Å². The summed E-state index contributed by atoms with van der Waals surface area (Å²) in [5.41, 5.74) is 3.45. The van der Waals surface area contributed by atoms with Crippen LogP contribution in [0.3, 0.4) is 0 Å². The monoisotopic (exact) mass is 536 g/mol. The fourth-order valence-corrected chi connectivity index (χ4v) is 6.69. The molecule has 0 fully saturated rings. The minimum absolute atomic E-state index is 0.0888. The van der Waals surface area contributed by atoms with Crippen molar-refractivity contribution in [1.29, 1.82) is 0 Å². The average Bonchev–Trinajstić information content (AvgIpc) is 3.52. The number of aromatic nitrogens is 2. The number of aromatic amines is 1. The Morgan fingerprint density at radius 2 is 1.69 bits per heavy atom. The topological polar surface area (TPSA) is 100 Å². The predicted molar refractivity (Wildman–Crippen MR) is 143 cm³/mol. The molecule has 2 N–H and O–H groups in total. The molecule has 0 saturated heterocycles. The largest absolute Gasteiger partial charge is 0.481 e. The summed E-state index contributed by atoms with van der Waals surface area (Å²) in [6, 6.07) is 21.5. The molecule has 5 aromatic rings. The van der Waals surface area contributed by atoms with Crippen LogP contribution >= 0.6 is 22.9 Å². The molecule has 0 radical (unpaired) electrons. The van der Waals surface area contributed by atoms with E-state index in [2.05, 4.69) is 9.97 Å². The Bertz CT molecular complexity index is 1640. The third-order valence-electron chi connectivity index (χ3n) is 6.01. The van der Waals surface area contributed by atoms with E-state index in [1.807, 2.05) is 48.5 Å². The zero-order valence-corrected chi connectivity index (χ0v) is 21.3. The predicted octanol–water partition coefficient (Wildman–Crippen LogP) is 6.33. The fraction of sp³-hybridized carbons (Fsp3) is 0.111. The highest BCUT2D eigenvalue weighted by Crippen LogP contribution is 2.33. The number of hydrogen-bond donors (Lipinski definition) is 2. The van der Waals surface area contributed by atoms with Crippen LogP contribution in [-0.4, -0.2) is 35.2 Å². The SMILES string of the molecule is O=C(O)[C@@H](Cc1c[nH]c2ccccc12)CS(=O)(=O)c1ccc(-c2ncc(-c3ccc(Cl)cc3)s2)cc1. The first kappa shape index (κ1) is 24.2. The van der Waals surface area contributed by atoms with Gasteiger partial charge in [0.2, 0.25) is 0 Å². The molecular weight excluding hydrogens is 516 g/mol. The van der Waals surface area contributed by atoms with Crippen molar-refractivity contribution >= 4 is 49.6 Å². The Kier molecular flexibility index (Phi) is 6.66. The van der Waals surface area contributed by atoms with Gasteiger partial charge in [-0.25, -0.2) is 13.4 Å². The van der Waals surface area contributed by atoms with Crippen molar-refractivity contribution < 1.29 is 18.3 Å². The van der Waals surface area contributed by atoms with Crippen molar-refractivity contribution in [3.8, 4) is 21.0 Å². The molecule has 2 heterocycles. The van der Waals surface area contributed by atoms with E-state index in [0.29, 0.717) is 5.02 Å². The summed E-state index contributed by atoms with van der Waals surface area (Å²) in [7, 11) is -3.82. The molecule has 0 saturated carbocycles. The standard InChI is InChI=1S/C27H21ClN2O4S2/c28-21-9-5-17(6-10-21)25-15-30-26(35-25)18-7-11-22(12-8-18)36(33,34)16-20(27(31)32)13-19-14-29-24-4-2-1-3-23(19)24/h1-12,14-15,20,29H,13,16H2,(H,31,32)/t20-/m0/s1. The van der Waals surface area contributed by atoms with Crippen LogP contribution in [0.1, 0.15) is 5.56 Å². The number of thiazole rings is 1. The third-order valence-corrected chi connectivity index (χ3v) is 9.18. The summed E-state index contributed by atoms with van der Waals surface area (Å²) in [6.07, 6.45) is 3.63. The number of carboxylic acids is 1. The number of fused-ring (bicyclic) bond motifs is 1. The lowest BCUT2D eigenvalue weighted by molar-refractivity contribution is -0.140. The molecule has 36 heavy (non-hydrogen) atoms. The summed E-state index contributed by atoms with van der Waals surface area (Å²) in [5, 5.41) is 12.1. The van der Waals surface area contributed by atoms with Gasteiger partial charge in [-0.3, -0.25) is 4.79 Å². The molecule has 0 aliphatic carbocycles. The van der Waals surface area contributed by atoms with Gasteiger partial charge >= 0.3 is 5.97 Å². The molecule has 6 nitrogen and oxygen atoms in total. The zero-order valence-electron chi connectivity index (χ0n) is 18.9. The normalized spacial score (nSPS) is 12.6. The van der Waals surface area contributed by atoms with Gasteiger partial charge in [-0.2, -0.15) is 0 Å². The molecular formula is C27H21ClN2O4S2. The van der Waals surface area contributed by atoms with Gasteiger partial charge in [0.25, 0.3) is 0 Å². The molecule has 9 heteroatoms. The highest BCUT2D eigenvalue weighted by Gasteiger charge is 2.28. The Hall–Kier alpha value is -3.46. The summed E-state index contributed by atoms with van der Waals surface area (Å²) in [4.78, 5) is 20.6. The van der Waals surface area contributed by atoms with Crippen molar-refractivity contribution in [3.63, 3.8) is 0 Å². The summed E-state index contributed by atoms with van der Waals surface area (Å²) >= 11 is 7.46. The van der Waals surface area contributed by atoms with Gasteiger partial charge in [-0.05, 0) is 47.9 Å². The number of rotatable bonds is 8. The molecule has 0 spiro atoms. The lowest BCUT2D eigenvalue weighted by Crippen LogP contribution is -2.25. The zero-order chi connectivity index (χ0) is 25.3. The van der Waals surface area contributed by atoms with Crippen LogP contribution in [0.2, 0.25) is 5.02 Å². The Balaban J connectivity index is 1.33. The number of H-pyrrole nitrogens is 1. The van der Waals surface area contributed by atoms with Crippen molar-refractivity contribution in [2.24, 2.45) is 5.92 Å². The van der Waals surface area contributed by atoms with Gasteiger partial charge in [0.15, 0.2) is 9.84 Å². The molecule has 0 bridgehead atoms. The first-order valence-electron chi connectivity index (χ1n) is 11.1. The van der Waals surface area contributed by atoms with Crippen molar-refractivity contribution in [2.75, 3.05) is 5.75 Å². The Labute approximate surface area is 217 Å². The van der Waals surface area contributed by atoms with Crippen LogP contribution in [0.15, 0.2) is 90.1 Å². The summed E-state index contributed by atoms with van der Waals surface area (Å²) in [5.74, 6) is -2.70. The lowest BCUT2D eigenvalue weighted by atomic mass is 10.0. The van der Waals surface area contributed by atoms with Gasteiger partial charge in [0, 0.05) is 33.9 Å². The Morgan fingerprint density at radius 3 is 2.42 bits per heavy atom. The molecule has 0 aliphatic heterocycles. The molecule has 1 atom stereocenters. The minimum Gasteiger partial charge on any atom is -0.481 e. The van der Waals surface area contributed by atoms with E-state index < -0.39 is 27.5 Å². The second kappa shape index (κ2) is 9.89. The van der Waals surface area contributed by atoms with Crippen LogP contribution in [0.25, 0.3) is 31.9 Å². The highest BCUT2D eigenvalue weighted by molar-refractivity contribution is 7.91. The van der Waals surface area contributed by atoms with Crippen LogP contribution in [0, 0.1) is 5.92 Å². The van der Waals surface area contributed by atoms with E-state index in [0.717, 1.165) is 37.5 Å². The van der Waals surface area contributed by atoms with E-state index in [1.165, 1.54) is 23.5 Å². The van der Waals surface area contributed by atoms with Crippen LogP contribution in [0.4, 0.5) is 0 Å². The number of benzene rings is 3. The Morgan fingerprint density at radius 1 is 1.00 bits per heavy atom. The quantitative estimate of drug-likeness (QED) is 0.241. The molecule has 0 amide bonds. The third kappa shape index (κ3) is 5.06. The van der Waals surface area contributed by atoms with Gasteiger partial charge < -0.3 is 10.1 Å². The van der Waals surface area contributed by atoms with E-state index in [4.69, 9.17) is 11.6 Å². The second-order valence-electron chi connectivity index (χ2n) is 8.44. The van der Waals surface area contributed by atoms with Gasteiger partial charge in [0.1, 0.15) is 5.01 Å². The summed E-state index contributed by atoms with van der Waals surface area (Å²) in [6.45, 7) is 0. The number of sulfone groups is 1. The molecule has 182 valence electrons. The van der Waals surface area contributed by atoms with Crippen LogP contribution in [-0.2, 0) is 21.1 Å². The molecule has 0 unspecified atom stereocenters. The fourth-order valence-electron chi connectivity index (χ4n) is 4.10. The number of nitrogens with zero attached hydrogens (tertiary/aromatic N) is 1. The molecule has 5 rings (SSSR count). The number of carboxylic acid groups (broad SMARTS) is 1. The maximum atomic E-state index is 13.1. The number of aliphatic carboxylic acids is 1. The van der Waals surface area contributed by atoms with Crippen LogP contribution < -0.4 is 0 Å². The number of para-hydroxylation sites is 1. The van der Waals surface area contributed by atoms with E-state index >= 15 is 0 Å². The van der Waals surface area contributed by atoms with Crippen molar-refractivity contribution in [1.82, 2.24) is 9.97 Å². The smallest absolute Gasteiger partial charge is 0.307 e. The van der Waals surface area contributed by atoms with Gasteiger partial charge in [-0.15, -0.1) is 11.3 Å².